The Bertz CT molecular complexity index is 657. The van der Waals surface area contributed by atoms with Crippen molar-refractivity contribution in [3.63, 3.8) is 0 Å². The maximum Gasteiger partial charge on any atom is 0.166 e. The zero-order chi connectivity index (χ0) is 15.4. The van der Waals surface area contributed by atoms with Gasteiger partial charge in [0.15, 0.2) is 5.78 Å². The van der Waals surface area contributed by atoms with Gasteiger partial charge in [0.1, 0.15) is 22.5 Å². The van der Waals surface area contributed by atoms with Gasteiger partial charge in [0.2, 0.25) is 0 Å². The molecule has 5 nitrogen and oxygen atoms in total. The standard InChI is InChI=1S/C15H16ClN3O2/c1-9(20)13-14(16)18-10(2)19-15(13)17-8-11-4-6-12(21-3)7-5-11/h4-7H,8H2,1-3H3,(H,17,18,19). The number of rotatable bonds is 5. The van der Waals surface area contributed by atoms with E-state index in [1.54, 1.807) is 14.0 Å². The van der Waals surface area contributed by atoms with Crippen LogP contribution >= 0.6 is 11.6 Å². The predicted molar refractivity (Wildman–Crippen MR) is 82.1 cm³/mol. The molecule has 0 unspecified atom stereocenters. The van der Waals surface area contributed by atoms with Crippen LogP contribution in [-0.2, 0) is 6.54 Å². The lowest BCUT2D eigenvalue weighted by molar-refractivity contribution is 0.101. The zero-order valence-electron chi connectivity index (χ0n) is 12.1. The summed E-state index contributed by atoms with van der Waals surface area (Å²) in [7, 11) is 1.62. The molecule has 0 aliphatic rings. The minimum Gasteiger partial charge on any atom is -0.497 e. The number of methoxy groups -OCH3 is 1. The molecule has 1 heterocycles. The number of ketones is 1. The van der Waals surface area contributed by atoms with Crippen LogP contribution in [-0.4, -0.2) is 22.9 Å². The number of carbonyl (C=O) groups is 1. The van der Waals surface area contributed by atoms with E-state index in [9.17, 15) is 4.79 Å². The highest BCUT2D eigenvalue weighted by Crippen LogP contribution is 2.22. The number of aromatic nitrogens is 2. The number of nitrogens with one attached hydrogen (secondary N) is 1. The van der Waals surface area contributed by atoms with Crippen molar-refractivity contribution in [1.29, 1.82) is 0 Å². The summed E-state index contributed by atoms with van der Waals surface area (Å²) in [6.07, 6.45) is 0. The fraction of sp³-hybridized carbons (Fsp3) is 0.267. The average molecular weight is 306 g/mol. The smallest absolute Gasteiger partial charge is 0.166 e. The van der Waals surface area contributed by atoms with E-state index in [1.165, 1.54) is 6.92 Å². The molecule has 0 atom stereocenters. The van der Waals surface area contributed by atoms with Gasteiger partial charge in [0, 0.05) is 6.54 Å². The molecule has 21 heavy (non-hydrogen) atoms. The van der Waals surface area contributed by atoms with Gasteiger partial charge in [-0.2, -0.15) is 0 Å². The van der Waals surface area contributed by atoms with Gasteiger partial charge in [-0.15, -0.1) is 0 Å². The Kier molecular flexibility index (Phi) is 4.75. The van der Waals surface area contributed by atoms with Gasteiger partial charge in [0.05, 0.1) is 12.7 Å². The van der Waals surface area contributed by atoms with E-state index in [2.05, 4.69) is 15.3 Å². The highest BCUT2D eigenvalue weighted by Gasteiger charge is 2.15. The van der Waals surface area contributed by atoms with E-state index in [0.717, 1.165) is 11.3 Å². The monoisotopic (exact) mass is 305 g/mol. The normalized spacial score (nSPS) is 10.3. The molecule has 1 N–H and O–H groups in total. The fourth-order valence-corrected chi connectivity index (χ4v) is 2.25. The molecule has 0 aliphatic carbocycles. The van der Waals surface area contributed by atoms with Crippen LogP contribution in [0.2, 0.25) is 5.15 Å². The molecule has 1 aromatic heterocycles. The molecule has 0 fully saturated rings. The van der Waals surface area contributed by atoms with Crippen LogP contribution in [0.4, 0.5) is 5.82 Å². The van der Waals surface area contributed by atoms with Gasteiger partial charge in [-0.05, 0) is 31.5 Å². The van der Waals surface area contributed by atoms with E-state index in [-0.39, 0.29) is 10.9 Å². The molecular weight excluding hydrogens is 290 g/mol. The van der Waals surface area contributed by atoms with Crippen LogP contribution < -0.4 is 10.1 Å². The van der Waals surface area contributed by atoms with Crippen molar-refractivity contribution in [3.05, 3.63) is 46.4 Å². The third-order valence-corrected chi connectivity index (χ3v) is 3.22. The molecule has 0 bridgehead atoms. The van der Waals surface area contributed by atoms with E-state index >= 15 is 0 Å². The SMILES string of the molecule is COc1ccc(CNc2nc(C)nc(Cl)c2C(C)=O)cc1. The van der Waals surface area contributed by atoms with E-state index in [1.807, 2.05) is 24.3 Å². The summed E-state index contributed by atoms with van der Waals surface area (Å²) in [4.78, 5) is 19.9. The summed E-state index contributed by atoms with van der Waals surface area (Å²) in [5.41, 5.74) is 1.36. The molecule has 0 aliphatic heterocycles. The lowest BCUT2D eigenvalue weighted by Crippen LogP contribution is -2.10. The van der Waals surface area contributed by atoms with Crippen LogP contribution in [0.1, 0.15) is 28.7 Å². The Labute approximate surface area is 128 Å². The first-order valence-corrected chi connectivity index (χ1v) is 6.81. The van der Waals surface area contributed by atoms with Crippen LogP contribution in [0.25, 0.3) is 0 Å². The first kappa shape index (κ1) is 15.3. The molecule has 0 amide bonds. The largest absolute Gasteiger partial charge is 0.497 e. The van der Waals surface area contributed by atoms with Crippen molar-refractivity contribution in [2.45, 2.75) is 20.4 Å². The topological polar surface area (TPSA) is 64.1 Å². The van der Waals surface area contributed by atoms with Crippen LogP contribution in [0, 0.1) is 6.92 Å². The molecule has 2 aromatic rings. The number of aryl methyl sites for hydroxylation is 1. The predicted octanol–water partition coefficient (Wildman–Crippen LogP) is 3.26. The van der Waals surface area contributed by atoms with Gasteiger partial charge in [0.25, 0.3) is 0 Å². The molecule has 0 saturated heterocycles. The lowest BCUT2D eigenvalue weighted by atomic mass is 10.2. The molecule has 1 aromatic carbocycles. The van der Waals surface area contributed by atoms with Crippen molar-refractivity contribution < 1.29 is 9.53 Å². The van der Waals surface area contributed by atoms with Gasteiger partial charge >= 0.3 is 0 Å². The zero-order valence-corrected chi connectivity index (χ0v) is 12.9. The van der Waals surface area contributed by atoms with Crippen molar-refractivity contribution in [3.8, 4) is 5.75 Å². The van der Waals surface area contributed by atoms with Crippen molar-refractivity contribution in [1.82, 2.24) is 9.97 Å². The molecule has 6 heteroatoms. The average Bonchev–Trinajstić information content (AvgIpc) is 2.44. The number of hydrogen-bond acceptors (Lipinski definition) is 5. The molecular formula is C15H16ClN3O2. The number of anilines is 1. The second kappa shape index (κ2) is 6.54. The fourth-order valence-electron chi connectivity index (χ4n) is 1.91. The molecule has 0 spiro atoms. The Morgan fingerprint density at radius 2 is 1.95 bits per heavy atom. The van der Waals surface area contributed by atoms with Crippen molar-refractivity contribution >= 4 is 23.2 Å². The van der Waals surface area contributed by atoms with E-state index in [0.29, 0.717) is 23.8 Å². The van der Waals surface area contributed by atoms with Crippen LogP contribution in [0.15, 0.2) is 24.3 Å². The number of carbonyl (C=O) groups excluding carboxylic acids is 1. The summed E-state index contributed by atoms with van der Waals surface area (Å²) in [5, 5.41) is 3.31. The second-order valence-electron chi connectivity index (χ2n) is 4.54. The van der Waals surface area contributed by atoms with Crippen molar-refractivity contribution in [2.75, 3.05) is 12.4 Å². The summed E-state index contributed by atoms with van der Waals surface area (Å²) in [6, 6.07) is 7.63. The maximum atomic E-state index is 11.7. The number of hydrogen-bond donors (Lipinski definition) is 1. The van der Waals surface area contributed by atoms with Gasteiger partial charge in [-0.1, -0.05) is 23.7 Å². The summed E-state index contributed by atoms with van der Waals surface area (Å²) in [6.45, 7) is 3.70. The van der Waals surface area contributed by atoms with Crippen LogP contribution in [0.3, 0.4) is 0 Å². The quantitative estimate of drug-likeness (QED) is 0.678. The number of ether oxygens (including phenoxy) is 1. The highest BCUT2D eigenvalue weighted by molar-refractivity contribution is 6.33. The highest BCUT2D eigenvalue weighted by atomic mass is 35.5. The third-order valence-electron chi connectivity index (χ3n) is 2.95. The summed E-state index contributed by atoms with van der Waals surface area (Å²) in [5.74, 6) is 1.60. The number of nitrogens with zero attached hydrogens (tertiary/aromatic N) is 2. The first-order valence-electron chi connectivity index (χ1n) is 6.43. The third kappa shape index (κ3) is 3.70. The number of Topliss-reactive ketones (excluding diaryl/α,β-unsaturated/α-hetero) is 1. The van der Waals surface area contributed by atoms with Gasteiger partial charge < -0.3 is 10.1 Å². The number of halogens is 1. The van der Waals surface area contributed by atoms with E-state index < -0.39 is 0 Å². The Morgan fingerprint density at radius 1 is 1.29 bits per heavy atom. The lowest BCUT2D eigenvalue weighted by Gasteiger charge is -2.11. The van der Waals surface area contributed by atoms with Gasteiger partial charge in [-0.3, -0.25) is 4.79 Å². The Balaban J connectivity index is 2.20. The molecule has 0 radical (unpaired) electrons. The summed E-state index contributed by atoms with van der Waals surface area (Å²) < 4.78 is 5.11. The maximum absolute atomic E-state index is 11.7. The van der Waals surface area contributed by atoms with Crippen LogP contribution in [0.5, 0.6) is 5.75 Å². The Hall–Kier alpha value is -2.14. The Morgan fingerprint density at radius 3 is 2.52 bits per heavy atom. The van der Waals surface area contributed by atoms with Crippen molar-refractivity contribution in [2.24, 2.45) is 0 Å². The molecule has 110 valence electrons. The first-order chi connectivity index (χ1) is 10.0. The second-order valence-corrected chi connectivity index (χ2v) is 4.90. The number of benzene rings is 1. The minimum absolute atomic E-state index is 0.169. The minimum atomic E-state index is -0.169. The molecule has 0 saturated carbocycles. The molecule has 2 rings (SSSR count). The van der Waals surface area contributed by atoms with E-state index in [4.69, 9.17) is 16.3 Å². The summed E-state index contributed by atoms with van der Waals surface area (Å²) >= 11 is 6.02. The van der Waals surface area contributed by atoms with Gasteiger partial charge in [-0.25, -0.2) is 9.97 Å².